The number of fused-ring (bicyclic) bond motifs is 1. The van der Waals surface area contributed by atoms with Crippen LogP contribution < -0.4 is 0 Å². The molecule has 0 aromatic heterocycles. The van der Waals surface area contributed by atoms with Gasteiger partial charge in [-0.15, -0.1) is 0 Å². The van der Waals surface area contributed by atoms with Crippen molar-refractivity contribution in [1.29, 1.82) is 5.26 Å². The second-order valence-corrected chi connectivity index (χ2v) is 4.10. The van der Waals surface area contributed by atoms with Gasteiger partial charge in [0.15, 0.2) is 0 Å². The average Bonchev–Trinajstić information content (AvgIpc) is 2.55. The van der Waals surface area contributed by atoms with Crippen LogP contribution in [0.15, 0.2) is 12.1 Å². The van der Waals surface area contributed by atoms with Crippen molar-refractivity contribution in [3.8, 4) is 6.07 Å². The molecule has 4 heteroatoms. The highest BCUT2D eigenvalue weighted by atomic mass is 16.2. The molecule has 0 fully saturated rings. The van der Waals surface area contributed by atoms with Crippen molar-refractivity contribution in [2.24, 2.45) is 0 Å². The second kappa shape index (κ2) is 4.02. The third kappa shape index (κ3) is 1.60. The summed E-state index contributed by atoms with van der Waals surface area (Å²) in [5, 5.41) is 8.52. The fraction of sp³-hybridized carbons (Fsp3) is 0.308. The number of carbonyl (C=O) groups is 2. The number of hydrogen-bond acceptors (Lipinski definition) is 3. The van der Waals surface area contributed by atoms with Crippen LogP contribution in [0.3, 0.4) is 0 Å². The number of carbonyl (C=O) groups excluding carboxylic acids is 2. The Morgan fingerprint density at radius 3 is 2.59 bits per heavy atom. The Balaban J connectivity index is 2.47. The zero-order chi connectivity index (χ0) is 12.6. The summed E-state index contributed by atoms with van der Waals surface area (Å²) >= 11 is 0. The Hall–Kier alpha value is -2.15. The van der Waals surface area contributed by atoms with E-state index in [9.17, 15) is 9.59 Å². The molecule has 17 heavy (non-hydrogen) atoms. The van der Waals surface area contributed by atoms with Crippen LogP contribution in [0, 0.1) is 25.2 Å². The number of imide groups is 1. The highest BCUT2D eigenvalue weighted by Crippen LogP contribution is 2.27. The minimum absolute atomic E-state index is 0.168. The van der Waals surface area contributed by atoms with Gasteiger partial charge in [-0.2, -0.15) is 5.26 Å². The minimum atomic E-state index is -0.289. The fourth-order valence-electron chi connectivity index (χ4n) is 2.01. The van der Waals surface area contributed by atoms with Gasteiger partial charge >= 0.3 is 0 Å². The summed E-state index contributed by atoms with van der Waals surface area (Å²) in [5.41, 5.74) is 2.79. The van der Waals surface area contributed by atoms with Crippen LogP contribution in [0.25, 0.3) is 0 Å². The van der Waals surface area contributed by atoms with E-state index < -0.39 is 0 Å². The number of rotatable bonds is 2. The van der Waals surface area contributed by atoms with Crippen LogP contribution in [0.4, 0.5) is 0 Å². The lowest BCUT2D eigenvalue weighted by atomic mass is 9.99. The van der Waals surface area contributed by atoms with Gasteiger partial charge in [-0.1, -0.05) is 6.07 Å². The van der Waals surface area contributed by atoms with Gasteiger partial charge in [-0.3, -0.25) is 14.5 Å². The summed E-state index contributed by atoms with van der Waals surface area (Å²) in [6, 6.07) is 5.47. The molecule has 1 aromatic rings. The third-order valence-corrected chi connectivity index (χ3v) is 3.12. The lowest BCUT2D eigenvalue weighted by molar-refractivity contribution is 0.0657. The van der Waals surface area contributed by atoms with Crippen molar-refractivity contribution in [3.05, 3.63) is 34.4 Å². The topological polar surface area (TPSA) is 61.2 Å². The molecule has 1 aliphatic rings. The van der Waals surface area contributed by atoms with Crippen molar-refractivity contribution >= 4 is 11.8 Å². The first kappa shape index (κ1) is 11.3. The maximum absolute atomic E-state index is 12.1. The van der Waals surface area contributed by atoms with Gasteiger partial charge in [0.1, 0.15) is 0 Å². The Kier molecular flexibility index (Phi) is 2.68. The summed E-state index contributed by atoms with van der Waals surface area (Å²) in [5.74, 6) is -0.565. The van der Waals surface area contributed by atoms with Gasteiger partial charge in [0.05, 0.1) is 23.6 Å². The summed E-state index contributed by atoms with van der Waals surface area (Å²) in [7, 11) is 0. The Morgan fingerprint density at radius 1 is 1.24 bits per heavy atom. The first-order chi connectivity index (χ1) is 8.07. The van der Waals surface area contributed by atoms with Crippen molar-refractivity contribution in [3.63, 3.8) is 0 Å². The molecule has 1 heterocycles. The van der Waals surface area contributed by atoms with Gasteiger partial charge in [0.2, 0.25) is 0 Å². The molecule has 0 bridgehead atoms. The fourth-order valence-corrected chi connectivity index (χ4v) is 2.01. The normalized spacial score (nSPS) is 13.8. The largest absolute Gasteiger partial charge is 0.273 e. The Bertz CT molecular complexity index is 555. The van der Waals surface area contributed by atoms with E-state index in [1.54, 1.807) is 6.07 Å². The zero-order valence-electron chi connectivity index (χ0n) is 9.78. The van der Waals surface area contributed by atoms with Crippen LogP contribution in [0.5, 0.6) is 0 Å². The van der Waals surface area contributed by atoms with Crippen molar-refractivity contribution in [2.45, 2.75) is 20.3 Å². The maximum Gasteiger partial charge on any atom is 0.261 e. The Labute approximate surface area is 99.5 Å². The molecule has 86 valence electrons. The standard InChI is InChI=1S/C13H12N2O2/c1-8-4-5-10-11(9(8)2)13(17)15(12(10)16)7-3-6-14/h4-5H,3,7H2,1-2H3. The summed E-state index contributed by atoms with van der Waals surface area (Å²) < 4.78 is 0. The highest BCUT2D eigenvalue weighted by Gasteiger charge is 2.36. The first-order valence-electron chi connectivity index (χ1n) is 5.41. The van der Waals surface area contributed by atoms with Gasteiger partial charge in [0.25, 0.3) is 11.8 Å². The number of amides is 2. The molecule has 0 spiro atoms. The minimum Gasteiger partial charge on any atom is -0.273 e. The van der Waals surface area contributed by atoms with E-state index in [1.807, 2.05) is 26.0 Å². The molecule has 0 unspecified atom stereocenters. The molecule has 2 rings (SSSR count). The molecule has 2 amide bonds. The summed E-state index contributed by atoms with van der Waals surface area (Å²) in [4.78, 5) is 25.2. The van der Waals surface area contributed by atoms with Gasteiger partial charge in [-0.05, 0) is 31.0 Å². The predicted octanol–water partition coefficient (Wildman–Crippen LogP) is 1.81. The van der Waals surface area contributed by atoms with Crippen molar-refractivity contribution < 1.29 is 9.59 Å². The van der Waals surface area contributed by atoms with Crippen molar-refractivity contribution in [1.82, 2.24) is 4.90 Å². The first-order valence-corrected chi connectivity index (χ1v) is 5.41. The average molecular weight is 228 g/mol. The van der Waals surface area contributed by atoms with E-state index in [0.29, 0.717) is 11.1 Å². The summed E-state index contributed by atoms with van der Waals surface area (Å²) in [6.07, 6.45) is 0.170. The molecule has 1 aliphatic heterocycles. The third-order valence-electron chi connectivity index (χ3n) is 3.12. The van der Waals surface area contributed by atoms with Crippen LogP contribution in [-0.2, 0) is 0 Å². The quantitative estimate of drug-likeness (QED) is 0.725. The molecule has 0 radical (unpaired) electrons. The monoisotopic (exact) mass is 228 g/mol. The number of hydrogen-bond donors (Lipinski definition) is 0. The number of aryl methyl sites for hydroxylation is 1. The highest BCUT2D eigenvalue weighted by molar-refractivity contribution is 6.22. The second-order valence-electron chi connectivity index (χ2n) is 4.10. The lowest BCUT2D eigenvalue weighted by Gasteiger charge is -2.10. The van der Waals surface area contributed by atoms with Gasteiger partial charge in [0, 0.05) is 6.54 Å². The maximum atomic E-state index is 12.1. The molecule has 0 aliphatic carbocycles. The van der Waals surface area contributed by atoms with E-state index >= 15 is 0 Å². The van der Waals surface area contributed by atoms with Crippen LogP contribution in [0.1, 0.15) is 38.3 Å². The SMILES string of the molecule is Cc1ccc2c(c1C)C(=O)N(CCC#N)C2=O. The van der Waals surface area contributed by atoms with E-state index in [2.05, 4.69) is 0 Å². The molecule has 0 saturated carbocycles. The van der Waals surface area contributed by atoms with E-state index in [0.717, 1.165) is 16.0 Å². The molecular formula is C13H12N2O2. The zero-order valence-corrected chi connectivity index (χ0v) is 9.78. The summed E-state index contributed by atoms with van der Waals surface area (Å²) in [6.45, 7) is 3.92. The van der Waals surface area contributed by atoms with Crippen LogP contribution in [0.2, 0.25) is 0 Å². The molecule has 4 nitrogen and oxygen atoms in total. The van der Waals surface area contributed by atoms with E-state index in [4.69, 9.17) is 5.26 Å². The molecular weight excluding hydrogens is 216 g/mol. The molecule has 0 atom stereocenters. The smallest absolute Gasteiger partial charge is 0.261 e. The van der Waals surface area contributed by atoms with E-state index in [1.165, 1.54) is 0 Å². The van der Waals surface area contributed by atoms with Crippen molar-refractivity contribution in [2.75, 3.05) is 6.54 Å². The number of nitriles is 1. The van der Waals surface area contributed by atoms with Crippen LogP contribution >= 0.6 is 0 Å². The number of benzene rings is 1. The predicted molar refractivity (Wildman–Crippen MR) is 61.5 cm³/mol. The van der Waals surface area contributed by atoms with Crippen LogP contribution in [-0.4, -0.2) is 23.3 Å². The molecule has 0 saturated heterocycles. The molecule has 0 N–H and O–H groups in total. The molecule has 1 aromatic carbocycles. The van der Waals surface area contributed by atoms with E-state index in [-0.39, 0.29) is 24.8 Å². The lowest BCUT2D eigenvalue weighted by Crippen LogP contribution is -2.30. The number of nitrogens with zero attached hydrogens (tertiary/aromatic N) is 2. The van der Waals surface area contributed by atoms with Gasteiger partial charge < -0.3 is 0 Å². The van der Waals surface area contributed by atoms with Gasteiger partial charge in [-0.25, -0.2) is 0 Å². The Morgan fingerprint density at radius 2 is 1.94 bits per heavy atom.